The molecule has 0 saturated carbocycles. The number of benzene rings is 1. The second kappa shape index (κ2) is 12.4. The lowest BCUT2D eigenvalue weighted by molar-refractivity contribution is 0.0453. The van der Waals surface area contributed by atoms with Crippen LogP contribution in [0.1, 0.15) is 36.1 Å². The molecular formula is C22H34N6O3. The largest absolute Gasteiger partial charge is 0.379 e. The molecule has 1 aliphatic heterocycles. The van der Waals surface area contributed by atoms with Gasteiger partial charge in [-0.15, -0.1) is 0 Å². The van der Waals surface area contributed by atoms with E-state index in [4.69, 9.17) is 14.2 Å². The van der Waals surface area contributed by atoms with Gasteiger partial charge in [0.1, 0.15) is 12.4 Å². The first-order valence-electron chi connectivity index (χ1n) is 10.8. The molecule has 0 aliphatic carbocycles. The van der Waals surface area contributed by atoms with E-state index >= 15 is 0 Å². The average Bonchev–Trinajstić information content (AvgIpc) is 3.18. The molecule has 0 spiro atoms. The van der Waals surface area contributed by atoms with Gasteiger partial charge in [0.2, 0.25) is 0 Å². The number of aromatic nitrogens is 3. The molecule has 0 bridgehead atoms. The van der Waals surface area contributed by atoms with Crippen molar-refractivity contribution in [3.8, 4) is 0 Å². The van der Waals surface area contributed by atoms with Gasteiger partial charge in [-0.2, -0.15) is 5.10 Å². The maximum absolute atomic E-state index is 5.67. The molecule has 1 atom stereocenters. The van der Waals surface area contributed by atoms with Gasteiger partial charge in [-0.3, -0.25) is 4.99 Å². The fraction of sp³-hybridized carbons (Fsp3) is 0.591. The predicted octanol–water partition coefficient (Wildman–Crippen LogP) is 1.66. The number of hydrogen-bond acceptors (Lipinski definition) is 6. The van der Waals surface area contributed by atoms with Crippen molar-refractivity contribution in [1.82, 2.24) is 25.4 Å². The molecule has 0 radical (unpaired) electrons. The van der Waals surface area contributed by atoms with Gasteiger partial charge in [0.25, 0.3) is 0 Å². The minimum atomic E-state index is 0.251. The number of methoxy groups -OCH3 is 1. The minimum absolute atomic E-state index is 0.251. The summed E-state index contributed by atoms with van der Waals surface area (Å²) < 4.78 is 18.1. The smallest absolute Gasteiger partial charge is 0.191 e. The quantitative estimate of drug-likeness (QED) is 0.318. The van der Waals surface area contributed by atoms with Crippen LogP contribution in [0.15, 0.2) is 29.3 Å². The van der Waals surface area contributed by atoms with E-state index in [1.165, 1.54) is 5.56 Å². The van der Waals surface area contributed by atoms with Crippen molar-refractivity contribution in [2.45, 2.75) is 52.1 Å². The summed E-state index contributed by atoms with van der Waals surface area (Å²) in [6.45, 7) is 6.42. The van der Waals surface area contributed by atoms with E-state index in [2.05, 4.69) is 50.0 Å². The number of aliphatic imine (C=N–C) groups is 1. The third-order valence-electron chi connectivity index (χ3n) is 5.04. The molecule has 2 aromatic rings. The average molecular weight is 431 g/mol. The molecule has 3 rings (SSSR count). The van der Waals surface area contributed by atoms with Crippen LogP contribution in [0.2, 0.25) is 0 Å². The summed E-state index contributed by atoms with van der Waals surface area (Å²) in [6, 6.07) is 8.64. The zero-order valence-electron chi connectivity index (χ0n) is 18.8. The number of nitrogens with zero attached hydrogens (tertiary/aromatic N) is 4. The fourth-order valence-electron chi connectivity index (χ4n) is 3.52. The van der Waals surface area contributed by atoms with Crippen molar-refractivity contribution in [2.75, 3.05) is 34.0 Å². The molecule has 1 unspecified atom stereocenters. The first kappa shape index (κ1) is 23.2. The molecule has 2 N–H and O–H groups in total. The van der Waals surface area contributed by atoms with Gasteiger partial charge < -0.3 is 24.8 Å². The standard InChI is InChI=1S/C22H34N6O3/c1-4-30-10-11-31-15-18-7-5-6-17(12-18)13-24-22(23-2)25-19-8-9-21-26-20(16-29-3)27-28(21)14-19/h5-7,12,19H,4,8-11,13-16H2,1-3H3,(H2,23,24,25). The second-order valence-electron chi connectivity index (χ2n) is 7.43. The van der Waals surface area contributed by atoms with Gasteiger partial charge in [0.15, 0.2) is 11.8 Å². The van der Waals surface area contributed by atoms with Crippen molar-refractivity contribution in [3.05, 3.63) is 47.0 Å². The van der Waals surface area contributed by atoms with Gasteiger partial charge in [0.05, 0.1) is 26.4 Å². The molecule has 9 heteroatoms. The van der Waals surface area contributed by atoms with E-state index in [1.807, 2.05) is 11.6 Å². The number of aryl methyl sites for hydroxylation is 1. The third kappa shape index (κ3) is 7.30. The number of fused-ring (bicyclic) bond motifs is 1. The predicted molar refractivity (Wildman–Crippen MR) is 119 cm³/mol. The van der Waals surface area contributed by atoms with Crippen molar-refractivity contribution in [3.63, 3.8) is 0 Å². The van der Waals surface area contributed by atoms with Gasteiger partial charge in [0, 0.05) is 39.8 Å². The lowest BCUT2D eigenvalue weighted by atomic mass is 10.1. The van der Waals surface area contributed by atoms with E-state index < -0.39 is 0 Å². The first-order valence-corrected chi connectivity index (χ1v) is 10.8. The highest BCUT2D eigenvalue weighted by molar-refractivity contribution is 5.79. The molecule has 0 saturated heterocycles. The second-order valence-corrected chi connectivity index (χ2v) is 7.43. The molecule has 0 amide bonds. The summed E-state index contributed by atoms with van der Waals surface area (Å²) in [6.07, 6.45) is 1.87. The summed E-state index contributed by atoms with van der Waals surface area (Å²) in [7, 11) is 3.45. The topological polar surface area (TPSA) is 94.8 Å². The SMILES string of the molecule is CCOCCOCc1cccc(CNC(=NC)NC2CCc3nc(COC)nn3C2)c1. The van der Waals surface area contributed by atoms with E-state index in [1.54, 1.807) is 14.2 Å². The fourth-order valence-corrected chi connectivity index (χ4v) is 3.52. The van der Waals surface area contributed by atoms with Crippen LogP contribution in [0.4, 0.5) is 0 Å². The molecule has 2 heterocycles. The van der Waals surface area contributed by atoms with E-state index in [-0.39, 0.29) is 6.04 Å². The molecule has 1 aromatic heterocycles. The summed E-state index contributed by atoms with van der Waals surface area (Å²) in [5.41, 5.74) is 2.33. The lowest BCUT2D eigenvalue weighted by Gasteiger charge is -2.25. The highest BCUT2D eigenvalue weighted by Gasteiger charge is 2.22. The minimum Gasteiger partial charge on any atom is -0.379 e. The van der Waals surface area contributed by atoms with E-state index in [9.17, 15) is 0 Å². The van der Waals surface area contributed by atoms with Gasteiger partial charge >= 0.3 is 0 Å². The van der Waals surface area contributed by atoms with Crippen molar-refractivity contribution >= 4 is 5.96 Å². The molecule has 0 fully saturated rings. The van der Waals surface area contributed by atoms with Crippen LogP contribution >= 0.6 is 0 Å². The van der Waals surface area contributed by atoms with Crippen LogP contribution in [0, 0.1) is 0 Å². The van der Waals surface area contributed by atoms with Gasteiger partial charge in [-0.25, -0.2) is 9.67 Å². The number of hydrogen-bond donors (Lipinski definition) is 2. The summed E-state index contributed by atoms with van der Waals surface area (Å²) in [5, 5.41) is 11.4. The number of nitrogens with one attached hydrogen (secondary N) is 2. The van der Waals surface area contributed by atoms with Crippen molar-refractivity contribution < 1.29 is 14.2 Å². The Morgan fingerprint density at radius 2 is 2.06 bits per heavy atom. The maximum atomic E-state index is 5.67. The lowest BCUT2D eigenvalue weighted by Crippen LogP contribution is -2.46. The Morgan fingerprint density at radius 3 is 2.87 bits per heavy atom. The van der Waals surface area contributed by atoms with Crippen LogP contribution in [0.5, 0.6) is 0 Å². The summed E-state index contributed by atoms with van der Waals surface area (Å²) in [5.74, 6) is 2.54. The molecule has 9 nitrogen and oxygen atoms in total. The van der Waals surface area contributed by atoms with Crippen molar-refractivity contribution in [2.24, 2.45) is 4.99 Å². The van der Waals surface area contributed by atoms with Crippen LogP contribution in [0.3, 0.4) is 0 Å². The van der Waals surface area contributed by atoms with Crippen LogP contribution in [0.25, 0.3) is 0 Å². The Labute approximate surface area is 184 Å². The number of ether oxygens (including phenoxy) is 3. The Morgan fingerprint density at radius 1 is 1.23 bits per heavy atom. The maximum Gasteiger partial charge on any atom is 0.191 e. The van der Waals surface area contributed by atoms with E-state index in [0.717, 1.165) is 49.2 Å². The van der Waals surface area contributed by atoms with Crippen LogP contribution in [-0.4, -0.2) is 60.7 Å². The summed E-state index contributed by atoms with van der Waals surface area (Å²) >= 11 is 0. The molecule has 1 aliphatic rings. The Hall–Kier alpha value is -2.49. The third-order valence-corrected chi connectivity index (χ3v) is 5.04. The van der Waals surface area contributed by atoms with Crippen LogP contribution < -0.4 is 10.6 Å². The first-order chi connectivity index (χ1) is 15.2. The molecular weight excluding hydrogens is 396 g/mol. The Bertz CT molecular complexity index is 838. The molecule has 170 valence electrons. The Balaban J connectivity index is 1.46. The van der Waals surface area contributed by atoms with Crippen molar-refractivity contribution in [1.29, 1.82) is 0 Å². The zero-order valence-corrected chi connectivity index (χ0v) is 18.8. The highest BCUT2D eigenvalue weighted by Crippen LogP contribution is 2.13. The van der Waals surface area contributed by atoms with Gasteiger partial charge in [-0.05, 0) is 24.5 Å². The molecule has 31 heavy (non-hydrogen) atoms. The normalized spacial score (nSPS) is 16.2. The highest BCUT2D eigenvalue weighted by atomic mass is 16.5. The summed E-state index contributed by atoms with van der Waals surface area (Å²) in [4.78, 5) is 8.91. The monoisotopic (exact) mass is 430 g/mol. The van der Waals surface area contributed by atoms with Gasteiger partial charge in [-0.1, -0.05) is 24.3 Å². The number of rotatable bonds is 11. The van der Waals surface area contributed by atoms with Crippen LogP contribution in [-0.2, 0) is 46.9 Å². The number of guanidine groups is 1. The Kier molecular flexibility index (Phi) is 9.26. The van der Waals surface area contributed by atoms with E-state index in [0.29, 0.717) is 33.0 Å². The molecule has 1 aromatic carbocycles. The zero-order chi connectivity index (χ0) is 21.9.